The molecule has 0 bridgehead atoms. The minimum Gasteiger partial charge on any atom is -0.508 e. The van der Waals surface area contributed by atoms with Gasteiger partial charge in [0.05, 0.1) is 17.3 Å². The Balaban J connectivity index is 2.29. The molecule has 20 heavy (non-hydrogen) atoms. The predicted molar refractivity (Wildman–Crippen MR) is 77.8 cm³/mol. The molecule has 5 heteroatoms. The summed E-state index contributed by atoms with van der Waals surface area (Å²) in [5.41, 5.74) is 0.498. The van der Waals surface area contributed by atoms with E-state index in [9.17, 15) is 5.11 Å². The first kappa shape index (κ1) is 14.9. The Labute approximate surface area is 120 Å². The van der Waals surface area contributed by atoms with Crippen molar-refractivity contribution in [3.8, 4) is 11.8 Å². The Morgan fingerprint density at radius 1 is 1.20 bits per heavy atom. The van der Waals surface area contributed by atoms with E-state index in [0.29, 0.717) is 18.3 Å². The quantitative estimate of drug-likeness (QED) is 0.857. The highest BCUT2D eigenvalue weighted by Crippen LogP contribution is 2.37. The molecular weight excluding hydrogens is 253 g/mol. The van der Waals surface area contributed by atoms with Crippen LogP contribution in [0.1, 0.15) is 39.7 Å². The minimum absolute atomic E-state index is 0.168. The van der Waals surface area contributed by atoms with Crippen LogP contribution in [0.2, 0.25) is 0 Å². The van der Waals surface area contributed by atoms with Crippen LogP contribution < -0.4 is 5.46 Å². The molecule has 2 rings (SSSR count). The number of nitrogens with zero attached hydrogens (tertiary/aromatic N) is 1. The lowest BCUT2D eigenvalue weighted by Gasteiger charge is -2.32. The lowest BCUT2D eigenvalue weighted by Crippen LogP contribution is -2.41. The van der Waals surface area contributed by atoms with E-state index in [1.54, 1.807) is 6.07 Å². The number of nitriles is 1. The number of phenols is 1. The summed E-state index contributed by atoms with van der Waals surface area (Å²) in [4.78, 5) is 0. The minimum atomic E-state index is -0.581. The molecule has 0 spiro atoms. The summed E-state index contributed by atoms with van der Waals surface area (Å²) in [5.74, 6) is 0.168. The van der Waals surface area contributed by atoms with Crippen LogP contribution in [-0.4, -0.2) is 23.4 Å². The van der Waals surface area contributed by atoms with Crippen molar-refractivity contribution in [1.29, 1.82) is 5.26 Å². The van der Waals surface area contributed by atoms with E-state index >= 15 is 0 Å². The number of hydrogen-bond acceptors (Lipinski definition) is 4. The number of hydrogen-bond donors (Lipinski definition) is 1. The zero-order valence-corrected chi connectivity index (χ0v) is 12.4. The molecular formula is C15H20BNO3. The highest BCUT2D eigenvalue weighted by molar-refractivity contribution is 6.63. The van der Waals surface area contributed by atoms with Gasteiger partial charge in [0.1, 0.15) is 5.75 Å². The van der Waals surface area contributed by atoms with Crippen LogP contribution in [-0.2, 0) is 15.7 Å². The van der Waals surface area contributed by atoms with E-state index in [2.05, 4.69) is 6.07 Å². The third kappa shape index (κ3) is 2.54. The second kappa shape index (κ2) is 5.12. The van der Waals surface area contributed by atoms with Crippen molar-refractivity contribution in [3.05, 3.63) is 23.8 Å². The molecule has 0 atom stereocenters. The van der Waals surface area contributed by atoms with Crippen LogP contribution in [0.4, 0.5) is 0 Å². The largest absolute Gasteiger partial charge is 0.508 e. The van der Waals surface area contributed by atoms with Crippen molar-refractivity contribution >= 4 is 12.6 Å². The van der Waals surface area contributed by atoms with Gasteiger partial charge in [0.15, 0.2) is 0 Å². The lowest BCUT2D eigenvalue weighted by molar-refractivity contribution is 0.00578. The van der Waals surface area contributed by atoms with Gasteiger partial charge in [0.2, 0.25) is 0 Å². The maximum atomic E-state index is 10.3. The van der Waals surface area contributed by atoms with Gasteiger partial charge in [0, 0.05) is 11.9 Å². The first-order chi connectivity index (χ1) is 9.28. The van der Waals surface area contributed by atoms with Gasteiger partial charge < -0.3 is 14.4 Å². The molecule has 0 saturated carbocycles. The van der Waals surface area contributed by atoms with Crippen LogP contribution in [0.3, 0.4) is 0 Å². The van der Waals surface area contributed by atoms with Crippen LogP contribution >= 0.6 is 0 Å². The normalized spacial score (nSPS) is 19.9. The van der Waals surface area contributed by atoms with Crippen LogP contribution in [0.25, 0.3) is 0 Å². The summed E-state index contributed by atoms with van der Waals surface area (Å²) in [7, 11) is -0.581. The van der Waals surface area contributed by atoms with Gasteiger partial charge in [-0.05, 0) is 39.7 Å². The fourth-order valence-electron chi connectivity index (χ4n) is 2.16. The lowest BCUT2D eigenvalue weighted by atomic mass is 9.77. The van der Waals surface area contributed by atoms with Crippen molar-refractivity contribution in [2.75, 3.05) is 0 Å². The molecule has 0 unspecified atom stereocenters. The molecule has 4 nitrogen and oxygen atoms in total. The molecule has 0 aromatic heterocycles. The Bertz CT molecular complexity index is 533. The summed E-state index contributed by atoms with van der Waals surface area (Å²) in [6.45, 7) is 7.90. The first-order valence-electron chi connectivity index (χ1n) is 6.82. The SMILES string of the molecule is CC1(C)OB(c2cccc(CCC#N)c2O)OC1(C)C. The molecule has 1 fully saturated rings. The van der Waals surface area contributed by atoms with Gasteiger partial charge in [-0.1, -0.05) is 18.2 Å². The second-order valence-corrected chi connectivity index (χ2v) is 6.10. The highest BCUT2D eigenvalue weighted by atomic mass is 16.7. The highest BCUT2D eigenvalue weighted by Gasteiger charge is 2.52. The molecule has 1 N–H and O–H groups in total. The average Bonchev–Trinajstić information content (AvgIpc) is 2.57. The molecule has 1 saturated heterocycles. The molecule has 0 radical (unpaired) electrons. The van der Waals surface area contributed by atoms with Crippen LogP contribution in [0, 0.1) is 11.3 Å². The van der Waals surface area contributed by atoms with Crippen molar-refractivity contribution in [2.24, 2.45) is 0 Å². The molecule has 106 valence electrons. The second-order valence-electron chi connectivity index (χ2n) is 6.10. The number of benzene rings is 1. The molecule has 0 amide bonds. The average molecular weight is 273 g/mol. The summed E-state index contributed by atoms with van der Waals surface area (Å²) in [6.07, 6.45) is 0.899. The van der Waals surface area contributed by atoms with Crippen LogP contribution in [0.5, 0.6) is 5.75 Å². The summed E-state index contributed by atoms with van der Waals surface area (Å²) in [5, 5.41) is 19.0. The summed E-state index contributed by atoms with van der Waals surface area (Å²) >= 11 is 0. The van der Waals surface area contributed by atoms with Gasteiger partial charge in [-0.2, -0.15) is 5.26 Å². The summed E-state index contributed by atoms with van der Waals surface area (Å²) < 4.78 is 11.9. The Morgan fingerprint density at radius 2 is 1.80 bits per heavy atom. The van der Waals surface area contributed by atoms with Gasteiger partial charge >= 0.3 is 7.12 Å². The Morgan fingerprint density at radius 3 is 2.35 bits per heavy atom. The number of aromatic hydroxyl groups is 1. The smallest absolute Gasteiger partial charge is 0.498 e. The van der Waals surface area contributed by atoms with E-state index in [0.717, 1.165) is 5.56 Å². The number of rotatable bonds is 3. The first-order valence-corrected chi connectivity index (χ1v) is 6.82. The fourth-order valence-corrected chi connectivity index (χ4v) is 2.16. The molecule has 0 aliphatic carbocycles. The standard InChI is InChI=1S/C15H20BNO3/c1-14(2)15(3,4)20-16(19-14)12-9-5-7-11(13(12)18)8-6-10-17/h5,7,9,18H,6,8H2,1-4H3. The monoisotopic (exact) mass is 273 g/mol. The Hall–Kier alpha value is -1.51. The third-order valence-corrected chi connectivity index (χ3v) is 4.16. The molecule has 1 heterocycles. The van der Waals surface area contributed by atoms with Gasteiger partial charge in [0.25, 0.3) is 0 Å². The molecule has 1 aromatic carbocycles. The van der Waals surface area contributed by atoms with E-state index in [1.165, 1.54) is 0 Å². The maximum Gasteiger partial charge on any atom is 0.498 e. The topological polar surface area (TPSA) is 62.5 Å². The van der Waals surface area contributed by atoms with Crippen molar-refractivity contribution < 1.29 is 14.4 Å². The zero-order valence-electron chi connectivity index (χ0n) is 12.4. The van der Waals surface area contributed by atoms with E-state index in [1.807, 2.05) is 39.8 Å². The number of para-hydroxylation sites is 1. The van der Waals surface area contributed by atoms with Crippen molar-refractivity contribution in [2.45, 2.75) is 51.7 Å². The maximum absolute atomic E-state index is 10.3. The van der Waals surface area contributed by atoms with Gasteiger partial charge in [-0.3, -0.25) is 0 Å². The van der Waals surface area contributed by atoms with Crippen LogP contribution in [0.15, 0.2) is 18.2 Å². The third-order valence-electron chi connectivity index (χ3n) is 4.16. The zero-order chi connectivity index (χ0) is 15.0. The molecule has 1 aliphatic heterocycles. The number of aryl methyl sites for hydroxylation is 1. The van der Waals surface area contributed by atoms with Gasteiger partial charge in [-0.25, -0.2) is 0 Å². The molecule has 1 aromatic rings. The Kier molecular flexibility index (Phi) is 3.81. The van der Waals surface area contributed by atoms with Crippen molar-refractivity contribution in [3.63, 3.8) is 0 Å². The van der Waals surface area contributed by atoms with E-state index in [-0.39, 0.29) is 5.75 Å². The predicted octanol–water partition coefficient (Wildman–Crippen LogP) is 2.15. The van der Waals surface area contributed by atoms with Crippen molar-refractivity contribution in [1.82, 2.24) is 0 Å². The van der Waals surface area contributed by atoms with E-state index < -0.39 is 18.3 Å². The molecule has 1 aliphatic rings. The summed E-state index contributed by atoms with van der Waals surface area (Å²) in [6, 6.07) is 7.56. The number of phenolic OH excluding ortho intramolecular Hbond substituents is 1. The fraction of sp³-hybridized carbons (Fsp3) is 0.533. The van der Waals surface area contributed by atoms with Gasteiger partial charge in [-0.15, -0.1) is 0 Å². The van der Waals surface area contributed by atoms with E-state index in [4.69, 9.17) is 14.6 Å².